The third-order valence-electron chi connectivity index (χ3n) is 3.06. The topological polar surface area (TPSA) is 64.3 Å². The SMILES string of the molecule is COCC(CCN)NC(=O)C1CC1(C)C. The maximum Gasteiger partial charge on any atom is 0.223 e. The molecule has 0 aromatic carbocycles. The lowest BCUT2D eigenvalue weighted by atomic mass is 10.1. The summed E-state index contributed by atoms with van der Waals surface area (Å²) in [6.07, 6.45) is 1.76. The number of rotatable bonds is 6. The van der Waals surface area contributed by atoms with Crippen molar-refractivity contribution in [3.8, 4) is 0 Å². The Balaban J connectivity index is 2.34. The van der Waals surface area contributed by atoms with E-state index in [9.17, 15) is 4.79 Å². The smallest absolute Gasteiger partial charge is 0.223 e. The van der Waals surface area contributed by atoms with Gasteiger partial charge in [0, 0.05) is 13.0 Å². The lowest BCUT2D eigenvalue weighted by Crippen LogP contribution is -2.40. The van der Waals surface area contributed by atoms with Gasteiger partial charge >= 0.3 is 0 Å². The van der Waals surface area contributed by atoms with E-state index in [0.717, 1.165) is 12.8 Å². The van der Waals surface area contributed by atoms with Gasteiger partial charge in [-0.05, 0) is 24.8 Å². The van der Waals surface area contributed by atoms with E-state index in [4.69, 9.17) is 10.5 Å². The van der Waals surface area contributed by atoms with Gasteiger partial charge in [-0.2, -0.15) is 0 Å². The van der Waals surface area contributed by atoms with Gasteiger partial charge < -0.3 is 15.8 Å². The van der Waals surface area contributed by atoms with Gasteiger partial charge in [-0.15, -0.1) is 0 Å². The standard InChI is InChI=1S/C11H22N2O2/c1-11(2)6-9(11)10(14)13-8(4-5-12)7-15-3/h8-9H,4-7,12H2,1-3H3,(H,13,14). The zero-order chi connectivity index (χ0) is 11.5. The van der Waals surface area contributed by atoms with Gasteiger partial charge in [0.25, 0.3) is 0 Å². The zero-order valence-corrected chi connectivity index (χ0v) is 9.88. The van der Waals surface area contributed by atoms with Crippen LogP contribution in [0.4, 0.5) is 0 Å². The van der Waals surface area contributed by atoms with E-state index in [2.05, 4.69) is 19.2 Å². The molecule has 0 aliphatic heterocycles. The Morgan fingerprint density at radius 3 is 2.67 bits per heavy atom. The van der Waals surface area contributed by atoms with Crippen molar-refractivity contribution in [2.75, 3.05) is 20.3 Å². The summed E-state index contributed by atoms with van der Waals surface area (Å²) in [6, 6.07) is 0.0592. The van der Waals surface area contributed by atoms with Crippen LogP contribution in [-0.2, 0) is 9.53 Å². The summed E-state index contributed by atoms with van der Waals surface area (Å²) in [5, 5.41) is 2.99. The molecule has 3 N–H and O–H groups in total. The summed E-state index contributed by atoms with van der Waals surface area (Å²) < 4.78 is 5.04. The molecule has 1 saturated carbocycles. The van der Waals surface area contributed by atoms with Crippen LogP contribution in [0.25, 0.3) is 0 Å². The second kappa shape index (κ2) is 4.94. The number of methoxy groups -OCH3 is 1. The minimum Gasteiger partial charge on any atom is -0.383 e. The highest BCUT2D eigenvalue weighted by Crippen LogP contribution is 2.51. The van der Waals surface area contributed by atoms with Crippen LogP contribution < -0.4 is 11.1 Å². The van der Waals surface area contributed by atoms with Crippen LogP contribution in [0.5, 0.6) is 0 Å². The highest BCUT2D eigenvalue weighted by Gasteiger charge is 2.50. The highest BCUT2D eigenvalue weighted by molar-refractivity contribution is 5.82. The molecule has 0 aromatic heterocycles. The number of carbonyl (C=O) groups excluding carboxylic acids is 1. The highest BCUT2D eigenvalue weighted by atomic mass is 16.5. The van der Waals surface area contributed by atoms with Crippen molar-refractivity contribution >= 4 is 5.91 Å². The Labute approximate surface area is 91.5 Å². The van der Waals surface area contributed by atoms with Gasteiger partial charge in [0.1, 0.15) is 0 Å². The van der Waals surface area contributed by atoms with Crippen LogP contribution in [0.2, 0.25) is 0 Å². The average molecular weight is 214 g/mol. The van der Waals surface area contributed by atoms with Crippen LogP contribution in [0.1, 0.15) is 26.7 Å². The summed E-state index contributed by atoms with van der Waals surface area (Å²) in [5.74, 6) is 0.324. The molecule has 1 aliphatic rings. The van der Waals surface area contributed by atoms with Crippen LogP contribution in [0.3, 0.4) is 0 Å². The molecule has 0 saturated heterocycles. The summed E-state index contributed by atoms with van der Waals surface area (Å²) >= 11 is 0. The van der Waals surface area contributed by atoms with Crippen molar-refractivity contribution in [3.63, 3.8) is 0 Å². The first-order valence-corrected chi connectivity index (χ1v) is 5.50. The van der Waals surface area contributed by atoms with Crippen molar-refractivity contribution in [2.45, 2.75) is 32.7 Å². The molecule has 0 spiro atoms. The second-order valence-corrected chi connectivity index (χ2v) is 4.98. The van der Waals surface area contributed by atoms with Gasteiger partial charge in [-0.1, -0.05) is 13.8 Å². The summed E-state index contributed by atoms with van der Waals surface area (Å²) in [5.41, 5.74) is 5.66. The molecule has 1 rings (SSSR count). The van der Waals surface area contributed by atoms with Crippen molar-refractivity contribution in [2.24, 2.45) is 17.1 Å². The molecule has 1 aliphatic carbocycles. The fourth-order valence-corrected chi connectivity index (χ4v) is 1.82. The van der Waals surface area contributed by atoms with Gasteiger partial charge in [0.05, 0.1) is 12.6 Å². The Kier molecular flexibility index (Phi) is 4.11. The second-order valence-electron chi connectivity index (χ2n) is 4.98. The Bertz CT molecular complexity index is 223. The first-order valence-electron chi connectivity index (χ1n) is 5.50. The maximum absolute atomic E-state index is 11.8. The number of amides is 1. The molecule has 2 atom stereocenters. The van der Waals surface area contributed by atoms with Crippen molar-refractivity contribution < 1.29 is 9.53 Å². The van der Waals surface area contributed by atoms with Crippen LogP contribution in [0.15, 0.2) is 0 Å². The summed E-state index contributed by atoms with van der Waals surface area (Å²) in [6.45, 7) is 5.34. The van der Waals surface area contributed by atoms with Crippen LogP contribution in [-0.4, -0.2) is 32.2 Å². The number of nitrogens with one attached hydrogen (secondary N) is 1. The Morgan fingerprint density at radius 2 is 2.27 bits per heavy atom. The Morgan fingerprint density at radius 1 is 1.67 bits per heavy atom. The molecule has 88 valence electrons. The minimum absolute atomic E-state index is 0.0592. The van der Waals surface area contributed by atoms with Crippen LogP contribution >= 0.6 is 0 Å². The molecule has 0 radical (unpaired) electrons. The molecule has 4 nitrogen and oxygen atoms in total. The Hall–Kier alpha value is -0.610. The van der Waals surface area contributed by atoms with E-state index in [-0.39, 0.29) is 23.3 Å². The number of hydrogen-bond donors (Lipinski definition) is 2. The molecule has 2 unspecified atom stereocenters. The quantitative estimate of drug-likeness (QED) is 0.677. The van der Waals surface area contributed by atoms with Gasteiger partial charge in [0.2, 0.25) is 5.91 Å². The molecule has 15 heavy (non-hydrogen) atoms. The lowest BCUT2D eigenvalue weighted by Gasteiger charge is -2.17. The summed E-state index contributed by atoms with van der Waals surface area (Å²) in [4.78, 5) is 11.8. The number of carbonyl (C=O) groups is 1. The average Bonchev–Trinajstić information content (AvgIpc) is 2.76. The van der Waals surface area contributed by atoms with E-state index < -0.39 is 0 Å². The minimum atomic E-state index is 0.0592. The molecular weight excluding hydrogens is 192 g/mol. The molecule has 1 fully saturated rings. The van der Waals surface area contributed by atoms with E-state index in [0.29, 0.717) is 13.2 Å². The third-order valence-corrected chi connectivity index (χ3v) is 3.06. The predicted octanol–water partition coefficient (Wildman–Crippen LogP) is 0.513. The van der Waals surface area contributed by atoms with Crippen molar-refractivity contribution in [1.29, 1.82) is 0 Å². The first-order chi connectivity index (χ1) is 7.01. The molecule has 0 heterocycles. The van der Waals surface area contributed by atoms with E-state index in [1.165, 1.54) is 0 Å². The van der Waals surface area contributed by atoms with Crippen molar-refractivity contribution in [3.05, 3.63) is 0 Å². The van der Waals surface area contributed by atoms with Crippen molar-refractivity contribution in [1.82, 2.24) is 5.32 Å². The number of ether oxygens (including phenoxy) is 1. The summed E-state index contributed by atoms with van der Waals surface area (Å²) in [7, 11) is 1.64. The lowest BCUT2D eigenvalue weighted by molar-refractivity contribution is -0.124. The zero-order valence-electron chi connectivity index (χ0n) is 9.88. The van der Waals surface area contributed by atoms with E-state index in [1.807, 2.05) is 0 Å². The monoisotopic (exact) mass is 214 g/mol. The third kappa shape index (κ3) is 3.47. The van der Waals surface area contributed by atoms with E-state index >= 15 is 0 Å². The number of hydrogen-bond acceptors (Lipinski definition) is 3. The van der Waals surface area contributed by atoms with Gasteiger partial charge in [-0.3, -0.25) is 4.79 Å². The molecule has 1 amide bonds. The molecule has 0 aromatic rings. The number of nitrogens with two attached hydrogens (primary N) is 1. The van der Waals surface area contributed by atoms with E-state index in [1.54, 1.807) is 7.11 Å². The van der Waals surface area contributed by atoms with Gasteiger partial charge in [0.15, 0.2) is 0 Å². The largest absolute Gasteiger partial charge is 0.383 e. The predicted molar refractivity (Wildman–Crippen MR) is 59.4 cm³/mol. The maximum atomic E-state index is 11.8. The fraction of sp³-hybridized carbons (Fsp3) is 0.909. The molecule has 4 heteroatoms. The van der Waals surface area contributed by atoms with Gasteiger partial charge in [-0.25, -0.2) is 0 Å². The fourth-order valence-electron chi connectivity index (χ4n) is 1.82. The van der Waals surface area contributed by atoms with Crippen LogP contribution in [0, 0.1) is 11.3 Å². The first kappa shape index (κ1) is 12.5. The normalized spacial score (nSPS) is 24.7. The molecule has 0 bridgehead atoms. The molecular formula is C11H22N2O2.